The first kappa shape index (κ1) is 22.9. The normalized spacial score (nSPS) is 20.9. The van der Waals surface area contributed by atoms with Crippen LogP contribution in [0.3, 0.4) is 0 Å². The minimum atomic E-state index is 0.463. The van der Waals surface area contributed by atoms with E-state index in [9.17, 15) is 0 Å². The van der Waals surface area contributed by atoms with Crippen LogP contribution in [0.15, 0.2) is 35.3 Å². The van der Waals surface area contributed by atoms with Gasteiger partial charge in [-0.2, -0.15) is 0 Å². The molecule has 1 unspecified atom stereocenters. The Bertz CT molecular complexity index is 618. The highest BCUT2D eigenvalue weighted by Gasteiger charge is 2.22. The Balaban J connectivity index is 1.44. The summed E-state index contributed by atoms with van der Waals surface area (Å²) in [6, 6.07) is 11.8. The molecule has 0 amide bonds. The van der Waals surface area contributed by atoms with Crippen LogP contribution in [-0.2, 0) is 0 Å². The van der Waals surface area contributed by atoms with E-state index in [4.69, 9.17) is 4.99 Å². The molecule has 1 atom stereocenters. The Morgan fingerprint density at radius 1 is 1.03 bits per heavy atom. The molecular weight excluding hydrogens is 372 g/mol. The summed E-state index contributed by atoms with van der Waals surface area (Å²) in [7, 11) is 0. The number of nitrogens with one attached hydrogen (secondary N) is 2. The summed E-state index contributed by atoms with van der Waals surface area (Å²) in [6.07, 6.45) is 3.67. The minimum Gasteiger partial charge on any atom is -0.369 e. The monoisotopic (exact) mass is 414 g/mol. The third kappa shape index (κ3) is 6.88. The second-order valence-corrected chi connectivity index (χ2v) is 8.69. The third-order valence-electron chi connectivity index (χ3n) is 6.39. The van der Waals surface area contributed by atoms with Gasteiger partial charge in [0.15, 0.2) is 5.96 Å². The largest absolute Gasteiger partial charge is 0.369 e. The summed E-state index contributed by atoms with van der Waals surface area (Å²) in [5.41, 5.74) is 1.34. The topological polar surface area (TPSA) is 46.1 Å². The van der Waals surface area contributed by atoms with E-state index >= 15 is 0 Å². The molecule has 2 heterocycles. The number of rotatable bonds is 8. The Morgan fingerprint density at radius 2 is 1.73 bits per heavy atom. The van der Waals surface area contributed by atoms with Gasteiger partial charge in [0.05, 0.1) is 6.54 Å². The van der Waals surface area contributed by atoms with Gasteiger partial charge in [0.25, 0.3) is 0 Å². The van der Waals surface area contributed by atoms with Crippen molar-refractivity contribution in [3.8, 4) is 0 Å². The fourth-order valence-corrected chi connectivity index (χ4v) is 4.53. The van der Waals surface area contributed by atoms with E-state index in [0.717, 1.165) is 45.2 Å². The maximum Gasteiger partial charge on any atom is 0.191 e. The van der Waals surface area contributed by atoms with Crippen molar-refractivity contribution < 1.29 is 0 Å². The Hall–Kier alpha value is -1.79. The van der Waals surface area contributed by atoms with Crippen molar-refractivity contribution in [2.45, 2.75) is 52.1 Å². The molecule has 0 radical (unpaired) electrons. The molecule has 2 aliphatic rings. The van der Waals surface area contributed by atoms with Gasteiger partial charge in [-0.3, -0.25) is 9.89 Å². The summed E-state index contributed by atoms with van der Waals surface area (Å²) >= 11 is 0. The second-order valence-electron chi connectivity index (χ2n) is 8.69. The van der Waals surface area contributed by atoms with Gasteiger partial charge in [-0.15, -0.1) is 0 Å². The molecule has 168 valence electrons. The van der Waals surface area contributed by atoms with Crippen LogP contribution in [0.5, 0.6) is 0 Å². The Kier molecular flexibility index (Phi) is 9.27. The van der Waals surface area contributed by atoms with Crippen LogP contribution >= 0.6 is 0 Å². The van der Waals surface area contributed by atoms with Gasteiger partial charge in [0.2, 0.25) is 0 Å². The zero-order valence-electron chi connectivity index (χ0n) is 19.3. The molecule has 2 N–H and O–H groups in total. The molecule has 6 heteroatoms. The van der Waals surface area contributed by atoms with Crippen molar-refractivity contribution in [2.75, 3.05) is 63.8 Å². The molecule has 0 aliphatic carbocycles. The number of para-hydroxylation sites is 1. The Labute approximate surface area is 183 Å². The standard InChI is InChI=1S/C24H42N6/c1-4-13-28-14-11-22(12-15-28)27-24(25-5-2)26-20-21(3)29-16-18-30(19-17-29)23-9-7-6-8-10-23/h6-10,21-22H,4-5,11-20H2,1-3H3,(H2,25,26,27). The number of guanidine groups is 1. The van der Waals surface area contributed by atoms with Gasteiger partial charge in [0.1, 0.15) is 0 Å². The third-order valence-corrected chi connectivity index (χ3v) is 6.39. The summed E-state index contributed by atoms with van der Waals surface area (Å²) in [6.45, 7) is 16.5. The van der Waals surface area contributed by atoms with E-state index in [0.29, 0.717) is 12.1 Å². The SMILES string of the molecule is CCCN1CCC(NC(=NCC(C)N2CCN(c3ccccc3)CC2)NCC)CC1. The summed E-state index contributed by atoms with van der Waals surface area (Å²) in [5.74, 6) is 0.987. The molecule has 0 spiro atoms. The number of benzene rings is 1. The molecule has 1 aromatic carbocycles. The maximum atomic E-state index is 4.94. The van der Waals surface area contributed by atoms with Crippen molar-refractivity contribution >= 4 is 11.6 Å². The van der Waals surface area contributed by atoms with E-state index in [2.05, 4.69) is 76.4 Å². The smallest absolute Gasteiger partial charge is 0.191 e. The van der Waals surface area contributed by atoms with Crippen LogP contribution in [0, 0.1) is 0 Å². The van der Waals surface area contributed by atoms with Gasteiger partial charge in [-0.1, -0.05) is 25.1 Å². The molecule has 3 rings (SSSR count). The highest BCUT2D eigenvalue weighted by atomic mass is 15.3. The van der Waals surface area contributed by atoms with Gasteiger partial charge < -0.3 is 20.4 Å². The average Bonchev–Trinajstić information content (AvgIpc) is 2.79. The number of anilines is 1. The second kappa shape index (κ2) is 12.2. The van der Waals surface area contributed by atoms with Crippen molar-refractivity contribution in [1.29, 1.82) is 0 Å². The first-order valence-corrected chi connectivity index (χ1v) is 12.0. The van der Waals surface area contributed by atoms with E-state index < -0.39 is 0 Å². The fourth-order valence-electron chi connectivity index (χ4n) is 4.53. The number of hydrogen-bond donors (Lipinski definition) is 2. The number of piperidine rings is 1. The van der Waals surface area contributed by atoms with Crippen LogP contribution in [0.25, 0.3) is 0 Å². The average molecular weight is 415 g/mol. The molecule has 6 nitrogen and oxygen atoms in total. The molecular formula is C24H42N6. The number of likely N-dealkylation sites (tertiary alicyclic amines) is 1. The van der Waals surface area contributed by atoms with E-state index in [-0.39, 0.29) is 0 Å². The summed E-state index contributed by atoms with van der Waals surface area (Å²) in [5, 5.41) is 7.14. The quantitative estimate of drug-likeness (QED) is 0.506. The Morgan fingerprint density at radius 3 is 2.37 bits per heavy atom. The predicted octanol–water partition coefficient (Wildman–Crippen LogP) is 2.63. The van der Waals surface area contributed by atoms with Crippen molar-refractivity contribution in [3.05, 3.63) is 30.3 Å². The highest BCUT2D eigenvalue weighted by Crippen LogP contribution is 2.16. The lowest BCUT2D eigenvalue weighted by Gasteiger charge is -2.38. The zero-order chi connectivity index (χ0) is 21.2. The van der Waals surface area contributed by atoms with Gasteiger partial charge in [-0.05, 0) is 51.8 Å². The summed E-state index contributed by atoms with van der Waals surface area (Å²) in [4.78, 5) is 12.6. The number of aliphatic imine (C=N–C) groups is 1. The molecule has 2 saturated heterocycles. The lowest BCUT2D eigenvalue weighted by molar-refractivity contribution is 0.200. The zero-order valence-corrected chi connectivity index (χ0v) is 19.3. The van der Waals surface area contributed by atoms with Crippen molar-refractivity contribution in [2.24, 2.45) is 4.99 Å². The summed E-state index contributed by atoms with van der Waals surface area (Å²) < 4.78 is 0. The number of piperazine rings is 1. The van der Waals surface area contributed by atoms with E-state index in [1.54, 1.807) is 0 Å². The maximum absolute atomic E-state index is 4.94. The molecule has 2 aliphatic heterocycles. The van der Waals surface area contributed by atoms with Gasteiger partial charge in [-0.25, -0.2) is 0 Å². The molecule has 0 aromatic heterocycles. The van der Waals surface area contributed by atoms with Crippen LogP contribution < -0.4 is 15.5 Å². The van der Waals surface area contributed by atoms with Crippen molar-refractivity contribution in [1.82, 2.24) is 20.4 Å². The lowest BCUT2D eigenvalue weighted by Crippen LogP contribution is -2.51. The molecule has 0 bridgehead atoms. The minimum absolute atomic E-state index is 0.463. The van der Waals surface area contributed by atoms with Crippen LogP contribution in [-0.4, -0.2) is 86.7 Å². The molecule has 2 fully saturated rings. The molecule has 30 heavy (non-hydrogen) atoms. The molecule has 0 saturated carbocycles. The lowest BCUT2D eigenvalue weighted by atomic mass is 10.1. The fraction of sp³-hybridized carbons (Fsp3) is 0.708. The molecule has 1 aromatic rings. The predicted molar refractivity (Wildman–Crippen MR) is 129 cm³/mol. The van der Waals surface area contributed by atoms with Gasteiger partial charge in [0, 0.05) is 63.6 Å². The van der Waals surface area contributed by atoms with Crippen molar-refractivity contribution in [3.63, 3.8) is 0 Å². The first-order chi connectivity index (χ1) is 14.7. The van der Waals surface area contributed by atoms with Crippen LogP contribution in [0.1, 0.15) is 40.0 Å². The highest BCUT2D eigenvalue weighted by molar-refractivity contribution is 5.80. The van der Waals surface area contributed by atoms with E-state index in [1.165, 1.54) is 44.6 Å². The number of nitrogens with zero attached hydrogens (tertiary/aromatic N) is 4. The first-order valence-electron chi connectivity index (χ1n) is 12.0. The van der Waals surface area contributed by atoms with E-state index in [1.807, 2.05) is 0 Å². The van der Waals surface area contributed by atoms with Gasteiger partial charge >= 0.3 is 0 Å². The van der Waals surface area contributed by atoms with Crippen LogP contribution in [0.2, 0.25) is 0 Å². The van der Waals surface area contributed by atoms with Crippen LogP contribution in [0.4, 0.5) is 5.69 Å². The number of hydrogen-bond acceptors (Lipinski definition) is 4.